The van der Waals surface area contributed by atoms with Crippen LogP contribution in [0.25, 0.3) is 22.2 Å². The fourth-order valence-electron chi connectivity index (χ4n) is 3.82. The van der Waals surface area contributed by atoms with E-state index in [2.05, 4.69) is 73.9 Å². The van der Waals surface area contributed by atoms with E-state index in [1.807, 2.05) is 0 Å². The number of para-hydroxylation sites is 1. The van der Waals surface area contributed by atoms with Crippen LogP contribution < -0.4 is 0 Å². The van der Waals surface area contributed by atoms with E-state index >= 15 is 0 Å². The highest BCUT2D eigenvalue weighted by Crippen LogP contribution is 2.32. The molecule has 0 N–H and O–H groups in total. The molecule has 3 aromatic rings. The molecule has 0 aliphatic heterocycles. The lowest BCUT2D eigenvalue weighted by Gasteiger charge is -2.15. The maximum atomic E-state index is 2.55. The van der Waals surface area contributed by atoms with Crippen LogP contribution in [0, 0.1) is 6.92 Å². The summed E-state index contributed by atoms with van der Waals surface area (Å²) in [4.78, 5) is 0. The van der Waals surface area contributed by atoms with Crippen LogP contribution in [0.4, 0.5) is 0 Å². The molecule has 0 saturated carbocycles. The van der Waals surface area contributed by atoms with Gasteiger partial charge in [-0.1, -0.05) is 81.5 Å². The molecule has 1 heteroatoms. The predicted octanol–water partition coefficient (Wildman–Crippen LogP) is 7.15. The minimum absolute atomic E-state index is 1.11. The summed E-state index contributed by atoms with van der Waals surface area (Å²) < 4.78 is 2.55. The number of rotatable bonds is 8. The molecule has 1 aromatic heterocycles. The van der Waals surface area contributed by atoms with Gasteiger partial charge in [-0.2, -0.15) is 0 Å². The number of hydrogen-bond acceptors (Lipinski definition) is 0. The van der Waals surface area contributed by atoms with Gasteiger partial charge < -0.3 is 4.57 Å². The molecule has 1 heterocycles. The number of nitrogens with zero attached hydrogens (tertiary/aromatic N) is 1. The predicted molar refractivity (Wildman–Crippen MR) is 110 cm³/mol. The van der Waals surface area contributed by atoms with Gasteiger partial charge in [0.15, 0.2) is 0 Å². The number of fused-ring (bicyclic) bond motifs is 1. The van der Waals surface area contributed by atoms with Crippen molar-refractivity contribution in [2.45, 2.75) is 65.8 Å². The van der Waals surface area contributed by atoms with Crippen molar-refractivity contribution in [1.29, 1.82) is 0 Å². The van der Waals surface area contributed by atoms with Gasteiger partial charge in [-0.15, -0.1) is 0 Å². The maximum absolute atomic E-state index is 2.55. The van der Waals surface area contributed by atoms with Crippen LogP contribution >= 0.6 is 0 Å². The van der Waals surface area contributed by atoms with E-state index in [-0.39, 0.29) is 0 Å². The molecule has 132 valence electrons. The van der Waals surface area contributed by atoms with E-state index in [1.54, 1.807) is 0 Å². The largest absolute Gasteiger partial charge is 0.340 e. The highest BCUT2D eigenvalue weighted by atomic mass is 15.0. The number of benzene rings is 2. The highest BCUT2D eigenvalue weighted by Gasteiger charge is 2.13. The topological polar surface area (TPSA) is 4.93 Å². The molecule has 0 fully saturated rings. The molecule has 1 nitrogen and oxygen atoms in total. The number of aromatic nitrogens is 1. The standard InChI is InChI=1S/C24H31N/c1-4-6-7-10-16-25-23-13-9-8-12-21(23)18-24(25)22-15-14-19(3)17-20(22)11-5-2/h8-9,12-15,17-18H,4-7,10-11,16H2,1-3H3. The fraction of sp³-hybridized carbons (Fsp3) is 0.417. The monoisotopic (exact) mass is 333 g/mol. The molecule has 0 amide bonds. The molecule has 2 aromatic carbocycles. The quantitative estimate of drug-likeness (QED) is 0.386. The first-order valence-corrected chi connectivity index (χ1v) is 9.92. The summed E-state index contributed by atoms with van der Waals surface area (Å²) in [6, 6.07) is 18.2. The van der Waals surface area contributed by atoms with Crippen molar-refractivity contribution < 1.29 is 0 Å². The van der Waals surface area contributed by atoms with Crippen molar-refractivity contribution in [3.05, 3.63) is 59.7 Å². The molecule has 0 atom stereocenters. The Kier molecular flexibility index (Phi) is 5.96. The van der Waals surface area contributed by atoms with Crippen molar-refractivity contribution in [3.63, 3.8) is 0 Å². The average Bonchev–Trinajstić information content (AvgIpc) is 2.98. The molecular weight excluding hydrogens is 302 g/mol. The highest BCUT2D eigenvalue weighted by molar-refractivity contribution is 5.87. The van der Waals surface area contributed by atoms with E-state index in [0.29, 0.717) is 0 Å². The van der Waals surface area contributed by atoms with Gasteiger partial charge in [-0.3, -0.25) is 0 Å². The molecule has 0 aliphatic rings. The van der Waals surface area contributed by atoms with Crippen LogP contribution in [-0.4, -0.2) is 4.57 Å². The number of aryl methyl sites for hydroxylation is 3. The third kappa shape index (κ3) is 3.98. The molecular formula is C24H31N. The summed E-state index contributed by atoms with van der Waals surface area (Å²) in [7, 11) is 0. The van der Waals surface area contributed by atoms with E-state index in [0.717, 1.165) is 13.0 Å². The van der Waals surface area contributed by atoms with Crippen LogP contribution in [0.3, 0.4) is 0 Å². The minimum Gasteiger partial charge on any atom is -0.340 e. The van der Waals surface area contributed by atoms with Gasteiger partial charge in [0.1, 0.15) is 0 Å². The Hall–Kier alpha value is -2.02. The summed E-state index contributed by atoms with van der Waals surface area (Å²) in [5, 5.41) is 1.36. The maximum Gasteiger partial charge on any atom is 0.0494 e. The SMILES string of the molecule is CCCCCCn1c(-c2ccc(C)cc2CCC)cc2ccccc21. The summed E-state index contributed by atoms with van der Waals surface area (Å²) in [5.41, 5.74) is 7.02. The molecule has 0 unspecified atom stereocenters. The smallest absolute Gasteiger partial charge is 0.0494 e. The lowest BCUT2D eigenvalue weighted by Crippen LogP contribution is -2.02. The molecule has 0 bridgehead atoms. The number of hydrogen-bond donors (Lipinski definition) is 0. The molecule has 3 rings (SSSR count). The first-order valence-electron chi connectivity index (χ1n) is 9.92. The van der Waals surface area contributed by atoms with Crippen LogP contribution in [0.5, 0.6) is 0 Å². The minimum atomic E-state index is 1.11. The Morgan fingerprint density at radius 3 is 2.48 bits per heavy atom. The van der Waals surface area contributed by atoms with Gasteiger partial charge in [0, 0.05) is 28.7 Å². The Bertz CT molecular complexity index is 825. The average molecular weight is 334 g/mol. The number of unbranched alkanes of at least 4 members (excludes halogenated alkanes) is 3. The van der Waals surface area contributed by atoms with Crippen LogP contribution in [0.15, 0.2) is 48.5 Å². The second-order valence-corrected chi connectivity index (χ2v) is 7.21. The van der Waals surface area contributed by atoms with Gasteiger partial charge in [-0.25, -0.2) is 0 Å². The first kappa shape index (κ1) is 17.8. The van der Waals surface area contributed by atoms with Crippen LogP contribution in [0.2, 0.25) is 0 Å². The van der Waals surface area contributed by atoms with Crippen molar-refractivity contribution >= 4 is 10.9 Å². The lowest BCUT2D eigenvalue weighted by atomic mass is 9.98. The first-order chi connectivity index (χ1) is 12.2. The summed E-state index contributed by atoms with van der Waals surface area (Å²) in [6.07, 6.45) is 7.53. The van der Waals surface area contributed by atoms with Crippen molar-refractivity contribution in [3.8, 4) is 11.3 Å². The van der Waals surface area contributed by atoms with E-state index < -0.39 is 0 Å². The van der Waals surface area contributed by atoms with Crippen molar-refractivity contribution in [2.75, 3.05) is 0 Å². The van der Waals surface area contributed by atoms with Gasteiger partial charge in [0.2, 0.25) is 0 Å². The lowest BCUT2D eigenvalue weighted by molar-refractivity contribution is 0.596. The van der Waals surface area contributed by atoms with Gasteiger partial charge in [0.25, 0.3) is 0 Å². The summed E-state index contributed by atoms with van der Waals surface area (Å²) in [6.45, 7) is 7.86. The second-order valence-electron chi connectivity index (χ2n) is 7.21. The Labute approximate surface area is 152 Å². The Morgan fingerprint density at radius 1 is 0.840 bits per heavy atom. The molecule has 0 aliphatic carbocycles. The van der Waals surface area contributed by atoms with E-state index in [1.165, 1.54) is 65.4 Å². The van der Waals surface area contributed by atoms with Crippen molar-refractivity contribution in [1.82, 2.24) is 4.57 Å². The second kappa shape index (κ2) is 8.38. The molecule has 0 spiro atoms. The molecule has 0 saturated heterocycles. The Balaban J connectivity index is 2.06. The molecule has 25 heavy (non-hydrogen) atoms. The normalized spacial score (nSPS) is 11.3. The Morgan fingerprint density at radius 2 is 1.68 bits per heavy atom. The fourth-order valence-corrected chi connectivity index (χ4v) is 3.82. The zero-order valence-corrected chi connectivity index (χ0v) is 16.0. The summed E-state index contributed by atoms with van der Waals surface area (Å²) >= 11 is 0. The van der Waals surface area contributed by atoms with E-state index in [4.69, 9.17) is 0 Å². The van der Waals surface area contributed by atoms with Gasteiger partial charge >= 0.3 is 0 Å². The van der Waals surface area contributed by atoms with Crippen LogP contribution in [-0.2, 0) is 13.0 Å². The van der Waals surface area contributed by atoms with Gasteiger partial charge in [0.05, 0.1) is 0 Å². The molecule has 0 radical (unpaired) electrons. The van der Waals surface area contributed by atoms with Crippen LogP contribution in [0.1, 0.15) is 57.1 Å². The zero-order valence-electron chi connectivity index (χ0n) is 16.0. The third-order valence-electron chi connectivity index (χ3n) is 5.10. The third-order valence-corrected chi connectivity index (χ3v) is 5.10. The van der Waals surface area contributed by atoms with E-state index in [9.17, 15) is 0 Å². The summed E-state index contributed by atoms with van der Waals surface area (Å²) in [5.74, 6) is 0. The zero-order chi connectivity index (χ0) is 17.6. The van der Waals surface area contributed by atoms with Gasteiger partial charge in [-0.05, 0) is 37.5 Å². The van der Waals surface area contributed by atoms with Crippen molar-refractivity contribution in [2.24, 2.45) is 0 Å².